The Balaban J connectivity index is 3.03. The van der Waals surface area contributed by atoms with Gasteiger partial charge in [-0.3, -0.25) is 0 Å². The maximum atomic E-state index is 12.8. The Morgan fingerprint density at radius 3 is 2.43 bits per heavy atom. The summed E-state index contributed by atoms with van der Waals surface area (Å²) >= 11 is 0. The maximum Gasteiger partial charge on any atom is 0.243 e. The largest absolute Gasteiger partial charge is 0.370 e. The van der Waals surface area contributed by atoms with E-state index in [9.17, 15) is 8.42 Å². The number of rotatable bonds is 9. The van der Waals surface area contributed by atoms with Crippen molar-refractivity contribution in [1.29, 1.82) is 0 Å². The van der Waals surface area contributed by atoms with Crippen molar-refractivity contribution in [3.8, 4) is 0 Å². The first-order valence-corrected chi connectivity index (χ1v) is 9.13. The molecule has 5 nitrogen and oxygen atoms in total. The van der Waals surface area contributed by atoms with Crippen molar-refractivity contribution in [2.45, 2.75) is 45.4 Å². The van der Waals surface area contributed by atoms with Crippen LogP contribution in [0.3, 0.4) is 0 Å². The van der Waals surface area contributed by atoms with Gasteiger partial charge in [0.1, 0.15) is 5.82 Å². The number of hydrogen-bond acceptors (Lipinski definition) is 4. The van der Waals surface area contributed by atoms with Gasteiger partial charge in [-0.25, -0.2) is 13.4 Å². The maximum absolute atomic E-state index is 12.8. The van der Waals surface area contributed by atoms with Gasteiger partial charge in [-0.15, -0.1) is 0 Å². The van der Waals surface area contributed by atoms with Crippen LogP contribution in [-0.4, -0.2) is 37.3 Å². The van der Waals surface area contributed by atoms with E-state index in [1.807, 2.05) is 13.8 Å². The number of hydrogen-bond donors (Lipinski definition) is 1. The third kappa shape index (κ3) is 4.68. The summed E-state index contributed by atoms with van der Waals surface area (Å²) < 4.78 is 27.1. The molecule has 1 N–H and O–H groups in total. The molecule has 0 aromatic carbocycles. The van der Waals surface area contributed by atoms with Gasteiger partial charge in [0.05, 0.1) is 4.90 Å². The van der Waals surface area contributed by atoms with Crippen LogP contribution < -0.4 is 5.32 Å². The molecular weight excluding hydrogens is 286 g/mol. The molecule has 0 unspecified atom stereocenters. The Morgan fingerprint density at radius 1 is 1.24 bits per heavy atom. The zero-order valence-corrected chi connectivity index (χ0v) is 14.3. The average Bonchev–Trinajstić information content (AvgIpc) is 2.49. The van der Waals surface area contributed by atoms with Gasteiger partial charge in [-0.05, 0) is 18.9 Å². The van der Waals surface area contributed by atoms with Gasteiger partial charge in [-0.1, -0.05) is 33.6 Å². The number of sulfonamides is 1. The molecule has 0 saturated carbocycles. The minimum atomic E-state index is -3.45. The SMILES string of the molecule is CCNc1cc(S(=O)(=O)N(CC)CC(CC)CC)ccn1. The third-order valence-electron chi connectivity index (χ3n) is 3.70. The first kappa shape index (κ1) is 17.9. The van der Waals surface area contributed by atoms with Crippen LogP contribution in [0.2, 0.25) is 0 Å². The number of aromatic nitrogens is 1. The monoisotopic (exact) mass is 313 g/mol. The van der Waals surface area contributed by atoms with E-state index in [1.165, 1.54) is 6.20 Å². The molecule has 21 heavy (non-hydrogen) atoms. The quantitative estimate of drug-likeness (QED) is 0.761. The van der Waals surface area contributed by atoms with E-state index < -0.39 is 10.0 Å². The fourth-order valence-corrected chi connectivity index (χ4v) is 3.77. The van der Waals surface area contributed by atoms with Crippen molar-refractivity contribution < 1.29 is 8.42 Å². The van der Waals surface area contributed by atoms with Gasteiger partial charge in [0, 0.05) is 31.9 Å². The van der Waals surface area contributed by atoms with Crippen LogP contribution in [0, 0.1) is 5.92 Å². The van der Waals surface area contributed by atoms with Crippen LogP contribution in [-0.2, 0) is 10.0 Å². The van der Waals surface area contributed by atoms with Gasteiger partial charge in [0.2, 0.25) is 10.0 Å². The second-order valence-electron chi connectivity index (χ2n) is 5.05. The van der Waals surface area contributed by atoms with E-state index in [-0.39, 0.29) is 0 Å². The molecule has 0 spiro atoms. The van der Waals surface area contributed by atoms with E-state index in [0.29, 0.717) is 36.3 Å². The van der Waals surface area contributed by atoms with Crippen LogP contribution in [0.25, 0.3) is 0 Å². The molecular formula is C15H27N3O2S. The molecule has 0 aliphatic rings. The summed E-state index contributed by atoms with van der Waals surface area (Å²) in [5.74, 6) is 0.993. The van der Waals surface area contributed by atoms with Crippen LogP contribution in [0.5, 0.6) is 0 Å². The molecule has 0 saturated heterocycles. The topological polar surface area (TPSA) is 62.3 Å². The first-order chi connectivity index (χ1) is 9.99. The third-order valence-corrected chi connectivity index (χ3v) is 5.63. The average molecular weight is 313 g/mol. The zero-order valence-electron chi connectivity index (χ0n) is 13.5. The Labute approximate surface area is 128 Å². The summed E-state index contributed by atoms with van der Waals surface area (Å²) in [7, 11) is -3.45. The van der Waals surface area contributed by atoms with Crippen LogP contribution in [0.15, 0.2) is 23.2 Å². The highest BCUT2D eigenvalue weighted by atomic mass is 32.2. The Hall–Kier alpha value is -1.14. The van der Waals surface area contributed by atoms with E-state index >= 15 is 0 Å². The van der Waals surface area contributed by atoms with Crippen molar-refractivity contribution in [1.82, 2.24) is 9.29 Å². The second kappa shape index (κ2) is 8.34. The zero-order chi connectivity index (χ0) is 15.9. The number of pyridine rings is 1. The summed E-state index contributed by atoms with van der Waals surface area (Å²) in [6.45, 7) is 9.80. The lowest BCUT2D eigenvalue weighted by atomic mass is 10.0. The molecule has 0 fully saturated rings. The highest BCUT2D eigenvalue weighted by molar-refractivity contribution is 7.89. The molecule has 1 heterocycles. The number of nitrogens with zero attached hydrogens (tertiary/aromatic N) is 2. The lowest BCUT2D eigenvalue weighted by molar-refractivity contribution is 0.339. The number of nitrogens with one attached hydrogen (secondary N) is 1. The van der Waals surface area contributed by atoms with Gasteiger partial charge >= 0.3 is 0 Å². The Kier molecular flexibility index (Phi) is 7.11. The highest BCUT2D eigenvalue weighted by Crippen LogP contribution is 2.20. The van der Waals surface area contributed by atoms with Gasteiger partial charge in [-0.2, -0.15) is 4.31 Å². The van der Waals surface area contributed by atoms with E-state index in [1.54, 1.807) is 16.4 Å². The van der Waals surface area contributed by atoms with Crippen LogP contribution in [0.1, 0.15) is 40.5 Å². The van der Waals surface area contributed by atoms with E-state index in [4.69, 9.17) is 0 Å². The molecule has 6 heteroatoms. The van der Waals surface area contributed by atoms with Crippen LogP contribution in [0.4, 0.5) is 5.82 Å². The van der Waals surface area contributed by atoms with Gasteiger partial charge in [0.15, 0.2) is 0 Å². The lowest BCUT2D eigenvalue weighted by Crippen LogP contribution is -2.35. The minimum absolute atomic E-state index is 0.307. The molecule has 120 valence electrons. The predicted molar refractivity (Wildman–Crippen MR) is 86.9 cm³/mol. The Bertz CT molecular complexity index is 527. The minimum Gasteiger partial charge on any atom is -0.370 e. The number of anilines is 1. The molecule has 0 aliphatic carbocycles. The lowest BCUT2D eigenvalue weighted by Gasteiger charge is -2.25. The fraction of sp³-hybridized carbons (Fsp3) is 0.667. The first-order valence-electron chi connectivity index (χ1n) is 7.69. The smallest absolute Gasteiger partial charge is 0.243 e. The van der Waals surface area contributed by atoms with Crippen molar-refractivity contribution in [2.24, 2.45) is 5.92 Å². The summed E-state index contributed by atoms with van der Waals surface area (Å²) in [5, 5.41) is 3.05. The second-order valence-corrected chi connectivity index (χ2v) is 6.98. The van der Waals surface area contributed by atoms with Crippen molar-refractivity contribution in [2.75, 3.05) is 25.0 Å². The predicted octanol–water partition coefficient (Wildman–Crippen LogP) is 2.96. The van der Waals surface area contributed by atoms with Gasteiger partial charge in [0.25, 0.3) is 0 Å². The van der Waals surface area contributed by atoms with E-state index in [0.717, 1.165) is 12.8 Å². The fourth-order valence-electron chi connectivity index (χ4n) is 2.23. The molecule has 1 aromatic heterocycles. The molecule has 0 bridgehead atoms. The van der Waals surface area contributed by atoms with Gasteiger partial charge < -0.3 is 5.32 Å². The summed E-state index contributed by atoms with van der Waals surface area (Å²) in [6, 6.07) is 3.17. The van der Waals surface area contributed by atoms with Crippen molar-refractivity contribution >= 4 is 15.8 Å². The molecule has 1 rings (SSSR count). The summed E-state index contributed by atoms with van der Waals surface area (Å²) in [6.07, 6.45) is 3.51. The highest BCUT2D eigenvalue weighted by Gasteiger charge is 2.25. The standard InChI is InChI=1S/C15H27N3O2S/c1-5-13(6-2)12-18(8-4)21(19,20)14-9-10-17-15(11-14)16-7-3/h9-11,13H,5-8,12H2,1-4H3,(H,16,17). The molecule has 0 atom stereocenters. The normalized spacial score (nSPS) is 12.1. The Morgan fingerprint density at radius 2 is 1.90 bits per heavy atom. The molecule has 0 radical (unpaired) electrons. The van der Waals surface area contributed by atoms with E-state index in [2.05, 4.69) is 24.1 Å². The van der Waals surface area contributed by atoms with Crippen LogP contribution >= 0.6 is 0 Å². The summed E-state index contributed by atoms with van der Waals surface area (Å²) in [4.78, 5) is 4.43. The molecule has 0 amide bonds. The molecule has 0 aliphatic heterocycles. The summed E-state index contributed by atoms with van der Waals surface area (Å²) in [5.41, 5.74) is 0. The van der Waals surface area contributed by atoms with Crippen molar-refractivity contribution in [3.63, 3.8) is 0 Å². The van der Waals surface area contributed by atoms with Crippen molar-refractivity contribution in [3.05, 3.63) is 18.3 Å². The molecule has 1 aromatic rings.